The molecule has 0 saturated carbocycles. The fourth-order valence-electron chi connectivity index (χ4n) is 3.11. The minimum absolute atomic E-state index is 0.171. The fourth-order valence-corrected chi connectivity index (χ4v) is 6.42. The number of rotatable bonds is 5. The molecule has 4 aromatic rings. The van der Waals surface area contributed by atoms with Crippen molar-refractivity contribution in [2.24, 2.45) is 4.99 Å². The number of hydrogen-bond donors (Lipinski definition) is 1. The number of hydrogen-bond acceptors (Lipinski definition) is 5. The molecule has 0 fully saturated rings. The number of phenols is 1. The van der Waals surface area contributed by atoms with Gasteiger partial charge in [0, 0.05) is 22.0 Å². The largest absolute Gasteiger partial charge is 0.506 e. The van der Waals surface area contributed by atoms with E-state index in [0.717, 1.165) is 30.5 Å². The highest BCUT2D eigenvalue weighted by molar-refractivity contribution is 9.11. The van der Waals surface area contributed by atoms with Gasteiger partial charge in [-0.3, -0.25) is 4.99 Å². The molecule has 1 heterocycles. The van der Waals surface area contributed by atoms with Crippen LogP contribution in [0.25, 0.3) is 10.2 Å². The normalized spacial score (nSPS) is 12.2. The van der Waals surface area contributed by atoms with Gasteiger partial charge in [-0.25, -0.2) is 4.98 Å². The summed E-state index contributed by atoms with van der Waals surface area (Å²) in [5.41, 5.74) is 5.27. The summed E-state index contributed by atoms with van der Waals surface area (Å²) in [4.78, 5) is 9.30. The molecule has 0 amide bonds. The Bertz CT molecular complexity index is 1290. The fraction of sp³-hybridized carbons (Fsp3) is 0.200. The predicted molar refractivity (Wildman–Crippen MR) is 145 cm³/mol. The molecule has 7 heteroatoms. The molecule has 0 saturated heterocycles. The molecule has 4 rings (SSSR count). The molecular formula is C25H22Br2N2OS2. The van der Waals surface area contributed by atoms with Crippen molar-refractivity contribution in [1.82, 2.24) is 4.98 Å². The van der Waals surface area contributed by atoms with E-state index >= 15 is 0 Å². The molecule has 0 spiro atoms. The zero-order valence-corrected chi connectivity index (χ0v) is 22.7. The second kappa shape index (κ2) is 9.67. The molecule has 0 aliphatic rings. The number of aromatic nitrogens is 1. The zero-order valence-electron chi connectivity index (χ0n) is 17.9. The highest BCUT2D eigenvalue weighted by Gasteiger charge is 2.13. The maximum atomic E-state index is 10.2. The van der Waals surface area contributed by atoms with Crippen LogP contribution in [0.5, 0.6) is 5.75 Å². The van der Waals surface area contributed by atoms with Crippen LogP contribution in [-0.2, 0) is 11.2 Å². The average Bonchev–Trinajstić information content (AvgIpc) is 3.15. The topological polar surface area (TPSA) is 45.5 Å². The van der Waals surface area contributed by atoms with Crippen LogP contribution in [0.15, 0.2) is 72.9 Å². The number of phenolic OH excluding ortho intramolecular Hbond substituents is 1. The van der Waals surface area contributed by atoms with E-state index < -0.39 is 0 Å². The molecule has 0 aliphatic heterocycles. The van der Waals surface area contributed by atoms with Crippen molar-refractivity contribution in [2.75, 3.05) is 0 Å². The van der Waals surface area contributed by atoms with Crippen LogP contribution in [0.1, 0.15) is 37.5 Å². The minimum atomic E-state index is 0.171. The van der Waals surface area contributed by atoms with Gasteiger partial charge in [-0.05, 0) is 62.8 Å². The quantitative estimate of drug-likeness (QED) is 0.187. The second-order valence-electron chi connectivity index (χ2n) is 8.45. The standard InChI is InChI=1S/C25H22Br2N2OS2/c1-25(2,3)17-6-4-15(5-7-17)14-31-24-29-21-9-8-19(12-22(21)32-24)28-13-16-10-18(26)11-20(27)23(16)30/h4-13,30H,14H2,1-3H3. The summed E-state index contributed by atoms with van der Waals surface area (Å²) in [5.74, 6) is 1.07. The van der Waals surface area contributed by atoms with Crippen molar-refractivity contribution in [3.8, 4) is 5.75 Å². The van der Waals surface area contributed by atoms with Gasteiger partial charge in [0.2, 0.25) is 0 Å². The van der Waals surface area contributed by atoms with Crippen molar-refractivity contribution in [1.29, 1.82) is 0 Å². The van der Waals surface area contributed by atoms with Gasteiger partial charge < -0.3 is 5.11 Å². The molecule has 0 atom stereocenters. The minimum Gasteiger partial charge on any atom is -0.506 e. The van der Waals surface area contributed by atoms with Crippen molar-refractivity contribution < 1.29 is 5.11 Å². The van der Waals surface area contributed by atoms with E-state index in [0.29, 0.717) is 10.0 Å². The third-order valence-corrected chi connectivity index (χ3v) is 8.24. The van der Waals surface area contributed by atoms with Gasteiger partial charge in [0.05, 0.1) is 20.4 Å². The first-order valence-electron chi connectivity index (χ1n) is 10.0. The molecule has 1 aromatic heterocycles. The Morgan fingerprint density at radius 2 is 1.81 bits per heavy atom. The Morgan fingerprint density at radius 1 is 1.06 bits per heavy atom. The second-order valence-corrected chi connectivity index (χ2v) is 12.5. The SMILES string of the molecule is CC(C)(C)c1ccc(CSc2nc3ccc(N=Cc4cc(Br)cc(Br)c4O)cc3s2)cc1. The lowest BCUT2D eigenvalue weighted by molar-refractivity contribution is 0.471. The van der Waals surface area contributed by atoms with E-state index in [4.69, 9.17) is 4.98 Å². The zero-order chi connectivity index (χ0) is 22.9. The first-order valence-corrected chi connectivity index (χ1v) is 13.4. The summed E-state index contributed by atoms with van der Waals surface area (Å²) in [5, 5.41) is 10.2. The number of fused-ring (bicyclic) bond motifs is 1. The Labute approximate surface area is 213 Å². The Balaban J connectivity index is 1.47. The van der Waals surface area contributed by atoms with Gasteiger partial charge in [-0.2, -0.15) is 0 Å². The number of nitrogens with zero attached hydrogens (tertiary/aromatic N) is 2. The summed E-state index contributed by atoms with van der Waals surface area (Å²) in [7, 11) is 0. The summed E-state index contributed by atoms with van der Waals surface area (Å²) < 4.78 is 3.65. The molecule has 1 N–H and O–H groups in total. The van der Waals surface area contributed by atoms with Crippen molar-refractivity contribution in [3.05, 3.63) is 80.2 Å². The molecule has 3 nitrogen and oxygen atoms in total. The number of thioether (sulfide) groups is 1. The van der Waals surface area contributed by atoms with Gasteiger partial charge in [0.1, 0.15) is 5.75 Å². The van der Waals surface area contributed by atoms with E-state index in [9.17, 15) is 5.11 Å². The van der Waals surface area contributed by atoms with Crippen LogP contribution in [0.4, 0.5) is 5.69 Å². The van der Waals surface area contributed by atoms with Gasteiger partial charge in [-0.15, -0.1) is 11.3 Å². The first kappa shape index (κ1) is 23.5. The molecule has 32 heavy (non-hydrogen) atoms. The summed E-state index contributed by atoms with van der Waals surface area (Å²) in [6.07, 6.45) is 1.67. The molecule has 0 unspecified atom stereocenters. The summed E-state index contributed by atoms with van der Waals surface area (Å²) in [6.45, 7) is 6.70. The molecule has 0 radical (unpaired) electrons. The number of aliphatic imine (C=N–C) groups is 1. The summed E-state index contributed by atoms with van der Waals surface area (Å²) in [6, 6.07) is 18.5. The maximum absolute atomic E-state index is 10.2. The number of halogens is 2. The number of benzene rings is 3. The molecule has 0 aliphatic carbocycles. The van der Waals surface area contributed by atoms with Crippen molar-refractivity contribution in [3.63, 3.8) is 0 Å². The number of thiazole rings is 1. The van der Waals surface area contributed by atoms with Crippen LogP contribution in [0, 0.1) is 0 Å². The van der Waals surface area contributed by atoms with Crippen LogP contribution in [-0.4, -0.2) is 16.3 Å². The van der Waals surface area contributed by atoms with Crippen LogP contribution < -0.4 is 0 Å². The first-order chi connectivity index (χ1) is 15.2. The van der Waals surface area contributed by atoms with Crippen molar-refractivity contribution in [2.45, 2.75) is 36.3 Å². The van der Waals surface area contributed by atoms with E-state index in [-0.39, 0.29) is 11.2 Å². The van der Waals surface area contributed by atoms with E-state index in [1.807, 2.05) is 24.3 Å². The molecule has 3 aromatic carbocycles. The Hall–Kier alpha value is -1.67. The Morgan fingerprint density at radius 3 is 2.53 bits per heavy atom. The van der Waals surface area contributed by atoms with Crippen molar-refractivity contribution >= 4 is 77.1 Å². The smallest absolute Gasteiger partial charge is 0.151 e. The lowest BCUT2D eigenvalue weighted by atomic mass is 9.87. The van der Waals surface area contributed by atoms with E-state index in [1.54, 1.807) is 35.4 Å². The third-order valence-electron chi connectivity index (χ3n) is 4.95. The van der Waals surface area contributed by atoms with Crippen LogP contribution >= 0.6 is 55.0 Å². The summed E-state index contributed by atoms with van der Waals surface area (Å²) >= 11 is 10.2. The lowest BCUT2D eigenvalue weighted by Gasteiger charge is -2.19. The van der Waals surface area contributed by atoms with Gasteiger partial charge in [-0.1, -0.05) is 72.7 Å². The Kier molecular flexibility index (Phi) is 7.10. The molecule has 164 valence electrons. The predicted octanol–water partition coefficient (Wildman–Crippen LogP) is 8.87. The third kappa shape index (κ3) is 5.63. The van der Waals surface area contributed by atoms with Crippen LogP contribution in [0.2, 0.25) is 0 Å². The van der Waals surface area contributed by atoms with Gasteiger partial charge in [0.25, 0.3) is 0 Å². The molecular weight excluding hydrogens is 568 g/mol. The average molecular weight is 590 g/mol. The highest BCUT2D eigenvalue weighted by atomic mass is 79.9. The van der Waals surface area contributed by atoms with Crippen LogP contribution in [0.3, 0.4) is 0 Å². The monoisotopic (exact) mass is 588 g/mol. The maximum Gasteiger partial charge on any atom is 0.151 e. The number of aromatic hydroxyl groups is 1. The van der Waals surface area contributed by atoms with Gasteiger partial charge >= 0.3 is 0 Å². The highest BCUT2D eigenvalue weighted by Crippen LogP contribution is 2.35. The van der Waals surface area contributed by atoms with Gasteiger partial charge in [0.15, 0.2) is 4.34 Å². The van der Waals surface area contributed by atoms with E-state index in [2.05, 4.69) is 81.9 Å². The lowest BCUT2D eigenvalue weighted by Crippen LogP contribution is -2.10. The van der Waals surface area contributed by atoms with E-state index in [1.165, 1.54) is 11.1 Å². The molecule has 0 bridgehead atoms.